The second-order valence-corrected chi connectivity index (χ2v) is 11.7. The van der Waals surface area contributed by atoms with Crippen molar-refractivity contribution in [3.05, 3.63) is 59.4 Å². The first-order valence-corrected chi connectivity index (χ1v) is 12.5. The largest absolute Gasteiger partial charge is 0.417 e. The van der Waals surface area contributed by atoms with Gasteiger partial charge in [0, 0.05) is 29.5 Å². The highest BCUT2D eigenvalue weighted by Crippen LogP contribution is 2.70. The molecular formula is C28H27F4N3O. The van der Waals surface area contributed by atoms with Crippen LogP contribution in [0.25, 0.3) is 0 Å². The number of benzene rings is 1. The van der Waals surface area contributed by atoms with Crippen molar-refractivity contribution >= 4 is 11.6 Å². The standard InChI is InChI=1S/C28H27F4N3O/c29-27-15-26(16-27,17-27)23(36)35(21-3-1-2-19(12-21)13-33)18-24-6-9-25(10-7-24,11-8-24)22-5-4-20(14-34-22)28(30,31)32/h1-5,12,14H,6-11,15-18H2. The molecular weight excluding hydrogens is 470 g/mol. The molecule has 6 saturated carbocycles. The number of rotatable bonds is 5. The van der Waals surface area contributed by atoms with E-state index in [0.29, 0.717) is 17.8 Å². The van der Waals surface area contributed by atoms with E-state index in [-0.39, 0.29) is 36.0 Å². The summed E-state index contributed by atoms with van der Waals surface area (Å²) in [7, 11) is 0. The van der Waals surface area contributed by atoms with Crippen LogP contribution in [0.15, 0.2) is 42.6 Å². The lowest BCUT2D eigenvalue weighted by Gasteiger charge is -2.65. The van der Waals surface area contributed by atoms with Crippen molar-refractivity contribution in [2.24, 2.45) is 10.8 Å². The smallest absolute Gasteiger partial charge is 0.311 e. The summed E-state index contributed by atoms with van der Waals surface area (Å²) in [5.74, 6) is -0.0432. The molecule has 188 valence electrons. The van der Waals surface area contributed by atoms with Crippen molar-refractivity contribution in [1.82, 2.24) is 4.98 Å². The first kappa shape index (κ1) is 23.4. The molecule has 0 radical (unpaired) electrons. The fraction of sp³-hybridized carbons (Fsp3) is 0.536. The number of carbonyl (C=O) groups is 1. The highest BCUT2D eigenvalue weighted by atomic mass is 19.4. The predicted octanol–water partition coefficient (Wildman–Crippen LogP) is 6.49. The average molecular weight is 498 g/mol. The summed E-state index contributed by atoms with van der Waals surface area (Å²) in [4.78, 5) is 19.8. The molecule has 4 nitrogen and oxygen atoms in total. The van der Waals surface area contributed by atoms with Gasteiger partial charge in [0.05, 0.1) is 22.6 Å². The molecule has 1 aromatic carbocycles. The number of nitriles is 1. The lowest BCUT2D eigenvalue weighted by Crippen LogP contribution is -2.71. The van der Waals surface area contributed by atoms with Crippen LogP contribution in [0, 0.1) is 22.2 Å². The summed E-state index contributed by atoms with van der Waals surface area (Å²) < 4.78 is 53.3. The zero-order chi connectivity index (χ0) is 25.4. The second-order valence-electron chi connectivity index (χ2n) is 11.7. The molecule has 8 heteroatoms. The van der Waals surface area contributed by atoms with Gasteiger partial charge in [-0.25, -0.2) is 4.39 Å². The molecule has 0 spiro atoms. The Morgan fingerprint density at radius 3 is 2.22 bits per heavy atom. The van der Waals surface area contributed by atoms with E-state index in [1.54, 1.807) is 23.1 Å². The van der Waals surface area contributed by atoms with Crippen LogP contribution in [0.3, 0.4) is 0 Å². The molecule has 6 aliphatic rings. The van der Waals surface area contributed by atoms with Crippen LogP contribution in [-0.2, 0) is 16.4 Å². The number of carbonyl (C=O) groups excluding carboxylic acids is 1. The minimum Gasteiger partial charge on any atom is -0.311 e. The van der Waals surface area contributed by atoms with Crippen LogP contribution < -0.4 is 4.90 Å². The van der Waals surface area contributed by atoms with Gasteiger partial charge in [-0.15, -0.1) is 0 Å². The second kappa shape index (κ2) is 7.53. The summed E-state index contributed by atoms with van der Waals surface area (Å²) in [5, 5.41) is 9.39. The van der Waals surface area contributed by atoms with Gasteiger partial charge in [-0.1, -0.05) is 6.07 Å². The molecule has 0 unspecified atom stereocenters. The van der Waals surface area contributed by atoms with Gasteiger partial charge in [0.1, 0.15) is 5.67 Å². The zero-order valence-electron chi connectivity index (χ0n) is 19.9. The quantitative estimate of drug-likeness (QED) is 0.444. The number of pyridine rings is 1. The van der Waals surface area contributed by atoms with Gasteiger partial charge < -0.3 is 4.90 Å². The molecule has 8 rings (SSSR count). The van der Waals surface area contributed by atoms with Crippen molar-refractivity contribution in [2.45, 2.75) is 75.0 Å². The average Bonchev–Trinajstić information content (AvgIpc) is 2.85. The number of amides is 1. The van der Waals surface area contributed by atoms with Gasteiger partial charge in [-0.2, -0.15) is 18.4 Å². The zero-order valence-corrected chi connectivity index (χ0v) is 19.9. The number of aromatic nitrogens is 1. The Kier molecular flexibility index (Phi) is 4.91. The Hall–Kier alpha value is -2.95. The maximum atomic E-state index is 14.3. The van der Waals surface area contributed by atoms with Crippen molar-refractivity contribution < 1.29 is 22.4 Å². The van der Waals surface area contributed by atoms with Crippen LogP contribution in [0.4, 0.5) is 23.2 Å². The number of anilines is 1. The predicted molar refractivity (Wildman–Crippen MR) is 125 cm³/mol. The van der Waals surface area contributed by atoms with Gasteiger partial charge in [-0.3, -0.25) is 9.78 Å². The molecule has 6 fully saturated rings. The maximum absolute atomic E-state index is 14.3. The third-order valence-electron chi connectivity index (χ3n) is 9.48. The number of hydrogen-bond donors (Lipinski definition) is 0. The normalized spacial score (nSPS) is 34.3. The van der Waals surface area contributed by atoms with Crippen LogP contribution in [0.1, 0.15) is 74.6 Å². The summed E-state index contributed by atoms with van der Waals surface area (Å²) in [6, 6.07) is 11.8. The van der Waals surface area contributed by atoms with Crippen LogP contribution in [-0.4, -0.2) is 23.1 Å². The van der Waals surface area contributed by atoms with Gasteiger partial charge in [0.2, 0.25) is 5.91 Å². The summed E-state index contributed by atoms with van der Waals surface area (Å²) in [5.41, 5.74) is -0.996. The lowest BCUT2D eigenvalue weighted by molar-refractivity contribution is -0.211. The highest BCUT2D eigenvalue weighted by molar-refractivity contribution is 6.00. The van der Waals surface area contributed by atoms with E-state index in [4.69, 9.17) is 0 Å². The van der Waals surface area contributed by atoms with Gasteiger partial charge in [-0.05, 0) is 93.5 Å². The number of halogens is 4. The third-order valence-corrected chi connectivity index (χ3v) is 9.48. The van der Waals surface area contributed by atoms with Gasteiger partial charge in [0.15, 0.2) is 0 Å². The fourth-order valence-electron chi connectivity index (χ4n) is 7.30. The van der Waals surface area contributed by atoms with E-state index in [9.17, 15) is 27.6 Å². The molecule has 36 heavy (non-hydrogen) atoms. The van der Waals surface area contributed by atoms with Crippen molar-refractivity contribution in [3.63, 3.8) is 0 Å². The lowest BCUT2D eigenvalue weighted by atomic mass is 9.41. The van der Waals surface area contributed by atoms with E-state index in [1.807, 2.05) is 6.07 Å². The molecule has 6 aliphatic carbocycles. The first-order chi connectivity index (χ1) is 17.0. The van der Waals surface area contributed by atoms with E-state index < -0.39 is 22.8 Å². The Bertz CT molecular complexity index is 1220. The van der Waals surface area contributed by atoms with Gasteiger partial charge in [0.25, 0.3) is 0 Å². The molecule has 2 aromatic rings. The molecule has 0 aliphatic heterocycles. The minimum absolute atomic E-state index is 0.0432. The highest BCUT2D eigenvalue weighted by Gasteiger charge is 2.73. The monoisotopic (exact) mass is 497 g/mol. The third kappa shape index (κ3) is 3.54. The minimum atomic E-state index is -4.40. The molecule has 1 amide bonds. The Balaban J connectivity index is 1.23. The summed E-state index contributed by atoms with van der Waals surface area (Å²) in [6.45, 7) is 0.512. The van der Waals surface area contributed by atoms with Crippen LogP contribution in [0.5, 0.6) is 0 Å². The number of nitrogens with zero attached hydrogens (tertiary/aromatic N) is 3. The maximum Gasteiger partial charge on any atom is 0.417 e. The number of fused-ring (bicyclic) bond motifs is 3. The first-order valence-electron chi connectivity index (χ1n) is 12.5. The van der Waals surface area contributed by atoms with E-state index >= 15 is 0 Å². The van der Waals surface area contributed by atoms with E-state index in [0.717, 1.165) is 56.5 Å². The molecule has 0 atom stereocenters. The number of hydrogen-bond acceptors (Lipinski definition) is 3. The number of alkyl halides is 4. The van der Waals surface area contributed by atoms with Gasteiger partial charge >= 0.3 is 6.18 Å². The summed E-state index contributed by atoms with van der Waals surface area (Å²) in [6.07, 6.45) is 2.34. The van der Waals surface area contributed by atoms with Crippen LogP contribution >= 0.6 is 0 Å². The van der Waals surface area contributed by atoms with Crippen molar-refractivity contribution in [3.8, 4) is 6.07 Å². The topological polar surface area (TPSA) is 57.0 Å². The van der Waals surface area contributed by atoms with Crippen molar-refractivity contribution in [1.29, 1.82) is 5.26 Å². The van der Waals surface area contributed by atoms with Crippen LogP contribution in [0.2, 0.25) is 0 Å². The molecule has 1 aromatic heterocycles. The molecule has 0 saturated heterocycles. The SMILES string of the molecule is N#Cc1cccc(N(CC23CCC(c4ccc(C(F)(F)F)cn4)(CC2)CC3)C(=O)C23CC(F)(C2)C3)c1. The Morgan fingerprint density at radius 1 is 1.03 bits per heavy atom. The fourth-order valence-corrected chi connectivity index (χ4v) is 7.30. The summed E-state index contributed by atoms with van der Waals surface area (Å²) >= 11 is 0. The van der Waals surface area contributed by atoms with E-state index in [2.05, 4.69) is 11.1 Å². The van der Waals surface area contributed by atoms with E-state index in [1.165, 1.54) is 6.07 Å². The van der Waals surface area contributed by atoms with Crippen molar-refractivity contribution in [2.75, 3.05) is 11.4 Å². The molecule has 1 heterocycles. The molecule has 4 bridgehead atoms. The molecule has 0 N–H and O–H groups in total. The Morgan fingerprint density at radius 2 is 1.69 bits per heavy atom. The Labute approximate surface area is 207 Å².